The molecule has 3 aromatic carbocycles. The van der Waals surface area contributed by atoms with Gasteiger partial charge in [-0.05, 0) is 54.1 Å². The van der Waals surface area contributed by atoms with E-state index in [9.17, 15) is 13.2 Å². The summed E-state index contributed by atoms with van der Waals surface area (Å²) >= 11 is 0. The highest BCUT2D eigenvalue weighted by atomic mass is 32.2. The number of hydrogen-bond acceptors (Lipinski definition) is 4. The third-order valence-electron chi connectivity index (χ3n) is 3.91. The van der Waals surface area contributed by atoms with Crippen LogP contribution in [0.1, 0.15) is 5.56 Å². The van der Waals surface area contributed by atoms with Gasteiger partial charge in [0.2, 0.25) is 9.84 Å². The van der Waals surface area contributed by atoms with E-state index in [-0.39, 0.29) is 15.8 Å². The molecule has 3 aromatic rings. The lowest BCUT2D eigenvalue weighted by Gasteiger charge is -2.09. The number of carbonyl (C=O) groups is 1. The van der Waals surface area contributed by atoms with E-state index < -0.39 is 9.84 Å². The predicted molar refractivity (Wildman–Crippen MR) is 105 cm³/mol. The van der Waals surface area contributed by atoms with Gasteiger partial charge in [-0.2, -0.15) is 0 Å². The number of anilines is 2. The van der Waals surface area contributed by atoms with Crippen LogP contribution in [0.15, 0.2) is 88.7 Å². The molecule has 0 unspecified atom stereocenters. The molecule has 0 bridgehead atoms. The second-order valence-electron chi connectivity index (χ2n) is 5.89. The first-order valence-electron chi connectivity index (χ1n) is 8.24. The molecular formula is C20H19N3O3S. The first kappa shape index (κ1) is 18.5. The Morgan fingerprint density at radius 2 is 1.37 bits per heavy atom. The highest BCUT2D eigenvalue weighted by Gasteiger charge is 2.17. The summed E-state index contributed by atoms with van der Waals surface area (Å²) < 4.78 is 25.2. The van der Waals surface area contributed by atoms with Crippen molar-refractivity contribution in [1.82, 2.24) is 5.32 Å². The Morgan fingerprint density at radius 1 is 0.815 bits per heavy atom. The maximum atomic E-state index is 12.6. The second kappa shape index (κ2) is 7.92. The predicted octanol–water partition coefficient (Wildman–Crippen LogP) is 3.42. The molecule has 7 heteroatoms. The molecule has 4 N–H and O–H groups in total. The van der Waals surface area contributed by atoms with E-state index in [0.29, 0.717) is 17.9 Å². The molecule has 0 spiro atoms. The highest BCUT2D eigenvalue weighted by molar-refractivity contribution is 7.91. The largest absolute Gasteiger partial charge is 0.399 e. The minimum Gasteiger partial charge on any atom is -0.399 e. The Balaban J connectivity index is 1.64. The molecule has 138 valence electrons. The summed E-state index contributed by atoms with van der Waals surface area (Å²) in [6, 6.07) is 21.2. The van der Waals surface area contributed by atoms with Gasteiger partial charge in [-0.25, -0.2) is 13.2 Å². The molecule has 3 rings (SSSR count). The van der Waals surface area contributed by atoms with Crippen LogP contribution in [0.2, 0.25) is 0 Å². The summed E-state index contributed by atoms with van der Waals surface area (Å²) in [5.41, 5.74) is 7.57. The van der Waals surface area contributed by atoms with Crippen molar-refractivity contribution in [1.29, 1.82) is 0 Å². The van der Waals surface area contributed by atoms with Crippen LogP contribution in [0.3, 0.4) is 0 Å². The molecule has 2 amide bonds. The van der Waals surface area contributed by atoms with E-state index in [1.54, 1.807) is 24.3 Å². The topological polar surface area (TPSA) is 101 Å². The van der Waals surface area contributed by atoms with Gasteiger partial charge in [0.25, 0.3) is 0 Å². The van der Waals surface area contributed by atoms with Gasteiger partial charge in [0, 0.05) is 17.9 Å². The number of sulfone groups is 1. The molecule has 0 radical (unpaired) electrons. The van der Waals surface area contributed by atoms with Crippen molar-refractivity contribution < 1.29 is 13.2 Å². The third kappa shape index (κ3) is 4.65. The van der Waals surface area contributed by atoms with E-state index in [2.05, 4.69) is 10.6 Å². The first-order chi connectivity index (χ1) is 12.9. The molecule has 0 saturated heterocycles. The van der Waals surface area contributed by atoms with Gasteiger partial charge in [0.1, 0.15) is 0 Å². The molecule has 27 heavy (non-hydrogen) atoms. The quantitative estimate of drug-likeness (QED) is 0.589. The Bertz CT molecular complexity index is 1020. The monoisotopic (exact) mass is 381 g/mol. The lowest BCUT2D eigenvalue weighted by atomic mass is 10.2. The van der Waals surface area contributed by atoms with Crippen LogP contribution in [0.5, 0.6) is 0 Å². The fourth-order valence-corrected chi connectivity index (χ4v) is 3.71. The number of benzene rings is 3. The molecule has 0 aliphatic rings. The summed E-state index contributed by atoms with van der Waals surface area (Å²) in [6.45, 7) is 0.399. The van der Waals surface area contributed by atoms with Crippen molar-refractivity contribution in [3.05, 3.63) is 84.4 Å². The summed E-state index contributed by atoms with van der Waals surface area (Å²) in [5, 5.41) is 5.42. The Morgan fingerprint density at radius 3 is 1.96 bits per heavy atom. The van der Waals surface area contributed by atoms with Crippen molar-refractivity contribution >= 4 is 27.2 Å². The minimum absolute atomic E-state index is 0.141. The molecule has 0 saturated carbocycles. The highest BCUT2D eigenvalue weighted by Crippen LogP contribution is 2.23. The van der Waals surface area contributed by atoms with Gasteiger partial charge in [-0.3, -0.25) is 0 Å². The maximum absolute atomic E-state index is 12.6. The summed E-state index contributed by atoms with van der Waals surface area (Å²) in [7, 11) is -3.63. The van der Waals surface area contributed by atoms with Gasteiger partial charge in [-0.15, -0.1) is 0 Å². The van der Waals surface area contributed by atoms with Crippen LogP contribution >= 0.6 is 0 Å². The summed E-state index contributed by atoms with van der Waals surface area (Å²) in [6.07, 6.45) is 0. The van der Waals surface area contributed by atoms with Crippen LogP contribution in [-0.2, 0) is 16.4 Å². The number of carbonyl (C=O) groups excluding carboxylic acids is 1. The summed E-state index contributed by atoms with van der Waals surface area (Å²) in [4.78, 5) is 12.3. The third-order valence-corrected chi connectivity index (χ3v) is 5.69. The van der Waals surface area contributed by atoms with Crippen LogP contribution in [0.4, 0.5) is 16.2 Å². The molecule has 0 atom stereocenters. The zero-order valence-corrected chi connectivity index (χ0v) is 15.2. The zero-order valence-electron chi connectivity index (χ0n) is 14.4. The normalized spacial score (nSPS) is 11.0. The molecular weight excluding hydrogens is 362 g/mol. The molecule has 0 fully saturated rings. The van der Waals surface area contributed by atoms with Crippen molar-refractivity contribution in [3.8, 4) is 0 Å². The SMILES string of the molecule is Nc1ccc(S(=O)(=O)c2ccc(NC(=O)NCc3ccccc3)cc2)cc1. The number of nitrogens with two attached hydrogens (primary N) is 1. The van der Waals surface area contributed by atoms with Crippen LogP contribution in [0.25, 0.3) is 0 Å². The van der Waals surface area contributed by atoms with E-state index in [1.807, 2.05) is 30.3 Å². The number of nitrogens with one attached hydrogen (secondary N) is 2. The van der Waals surface area contributed by atoms with Gasteiger partial charge < -0.3 is 16.4 Å². The van der Waals surface area contributed by atoms with Crippen LogP contribution in [-0.4, -0.2) is 14.4 Å². The lowest BCUT2D eigenvalue weighted by Crippen LogP contribution is -2.28. The number of rotatable bonds is 5. The van der Waals surface area contributed by atoms with Gasteiger partial charge in [-0.1, -0.05) is 30.3 Å². The lowest BCUT2D eigenvalue weighted by molar-refractivity contribution is 0.251. The zero-order chi connectivity index (χ0) is 19.3. The van der Waals surface area contributed by atoms with E-state index in [1.165, 1.54) is 24.3 Å². The van der Waals surface area contributed by atoms with Crippen molar-refractivity contribution in [2.45, 2.75) is 16.3 Å². The van der Waals surface area contributed by atoms with Crippen molar-refractivity contribution in [3.63, 3.8) is 0 Å². The Labute approximate surface area is 158 Å². The molecule has 0 aliphatic heterocycles. The minimum atomic E-state index is -3.63. The van der Waals surface area contributed by atoms with Gasteiger partial charge >= 0.3 is 6.03 Å². The average Bonchev–Trinajstić information content (AvgIpc) is 2.68. The number of amides is 2. The Kier molecular flexibility index (Phi) is 5.42. The molecule has 0 aliphatic carbocycles. The number of urea groups is 1. The number of hydrogen-bond donors (Lipinski definition) is 3. The smallest absolute Gasteiger partial charge is 0.319 e. The molecule has 6 nitrogen and oxygen atoms in total. The van der Waals surface area contributed by atoms with Crippen molar-refractivity contribution in [2.24, 2.45) is 0 Å². The first-order valence-corrected chi connectivity index (χ1v) is 9.73. The van der Waals surface area contributed by atoms with E-state index in [0.717, 1.165) is 5.56 Å². The summed E-state index contributed by atoms with van der Waals surface area (Å²) in [5.74, 6) is 0. The van der Waals surface area contributed by atoms with E-state index >= 15 is 0 Å². The van der Waals surface area contributed by atoms with Crippen LogP contribution in [0, 0.1) is 0 Å². The average molecular weight is 381 g/mol. The van der Waals surface area contributed by atoms with Crippen molar-refractivity contribution in [2.75, 3.05) is 11.1 Å². The van der Waals surface area contributed by atoms with Gasteiger partial charge in [0.15, 0.2) is 0 Å². The maximum Gasteiger partial charge on any atom is 0.319 e. The standard InChI is InChI=1S/C20H19N3O3S/c21-16-6-10-18(11-7-16)27(25,26)19-12-8-17(9-13-19)23-20(24)22-14-15-4-2-1-3-5-15/h1-13H,14,21H2,(H2,22,23,24). The Hall–Kier alpha value is -3.32. The second-order valence-corrected chi connectivity index (χ2v) is 7.84. The van der Waals surface area contributed by atoms with E-state index in [4.69, 9.17) is 5.73 Å². The molecule has 0 heterocycles. The number of nitrogen functional groups attached to an aromatic ring is 1. The van der Waals surface area contributed by atoms with Crippen LogP contribution < -0.4 is 16.4 Å². The fraction of sp³-hybridized carbons (Fsp3) is 0.0500. The van der Waals surface area contributed by atoms with Gasteiger partial charge in [0.05, 0.1) is 9.79 Å². The molecule has 0 aromatic heterocycles. The fourth-order valence-electron chi connectivity index (χ4n) is 2.45.